The van der Waals surface area contributed by atoms with E-state index in [1.165, 1.54) is 6.33 Å². The monoisotopic (exact) mass is 291 g/mol. The Bertz CT molecular complexity index is 617. The van der Waals surface area contributed by atoms with E-state index in [0.29, 0.717) is 10.7 Å². The van der Waals surface area contributed by atoms with Crippen molar-refractivity contribution in [2.45, 2.75) is 13.0 Å². The highest BCUT2D eigenvalue weighted by atomic mass is 35.5. The summed E-state index contributed by atoms with van der Waals surface area (Å²) in [5.41, 5.74) is 1.67. The van der Waals surface area contributed by atoms with Crippen LogP contribution in [-0.2, 0) is 0 Å². The zero-order chi connectivity index (χ0) is 14.5. The van der Waals surface area contributed by atoms with Crippen molar-refractivity contribution < 1.29 is 9.90 Å². The van der Waals surface area contributed by atoms with Gasteiger partial charge in [0.1, 0.15) is 12.0 Å². The Morgan fingerprint density at radius 1 is 1.40 bits per heavy atom. The van der Waals surface area contributed by atoms with Crippen molar-refractivity contribution in [2.24, 2.45) is 0 Å². The number of hydrogen-bond acceptors (Lipinski definition) is 4. The fourth-order valence-electron chi connectivity index (χ4n) is 1.62. The summed E-state index contributed by atoms with van der Waals surface area (Å²) < 4.78 is 0. The van der Waals surface area contributed by atoms with Crippen molar-refractivity contribution >= 4 is 17.5 Å². The molecule has 0 saturated carbocycles. The lowest BCUT2D eigenvalue weighted by Gasteiger charge is -2.07. The summed E-state index contributed by atoms with van der Waals surface area (Å²) in [6.45, 7) is 1.77. The minimum Gasteiger partial charge on any atom is -0.392 e. The zero-order valence-corrected chi connectivity index (χ0v) is 11.6. The molecule has 104 valence electrons. The van der Waals surface area contributed by atoms with Crippen LogP contribution in [0.25, 0.3) is 11.3 Å². The molecule has 1 aromatic heterocycles. The van der Waals surface area contributed by atoms with Crippen molar-refractivity contribution in [3.8, 4) is 11.3 Å². The zero-order valence-electron chi connectivity index (χ0n) is 10.9. The largest absolute Gasteiger partial charge is 0.392 e. The van der Waals surface area contributed by atoms with Crippen LogP contribution in [0.3, 0.4) is 0 Å². The van der Waals surface area contributed by atoms with E-state index in [9.17, 15) is 4.79 Å². The van der Waals surface area contributed by atoms with Gasteiger partial charge in [-0.1, -0.05) is 23.7 Å². The molecule has 1 aromatic carbocycles. The summed E-state index contributed by atoms with van der Waals surface area (Å²) >= 11 is 5.93. The number of nitrogens with zero attached hydrogens (tertiary/aromatic N) is 2. The summed E-state index contributed by atoms with van der Waals surface area (Å²) in [4.78, 5) is 19.9. The van der Waals surface area contributed by atoms with Crippen LogP contribution in [0.1, 0.15) is 17.4 Å². The predicted octanol–water partition coefficient (Wildman–Crippen LogP) is 1.91. The second-order valence-corrected chi connectivity index (χ2v) is 4.79. The number of amides is 1. The van der Waals surface area contributed by atoms with Gasteiger partial charge in [0.05, 0.1) is 11.8 Å². The standard InChI is InChI=1S/C14H14ClN3O2/c1-9(19)7-16-14(20)13-6-12(17-8-18-13)10-3-2-4-11(15)5-10/h2-6,8-9,19H,7H2,1H3,(H,16,20)/t9-/m0/s1. The second kappa shape index (κ2) is 6.45. The molecule has 2 aromatic rings. The molecule has 5 nitrogen and oxygen atoms in total. The van der Waals surface area contributed by atoms with Gasteiger partial charge in [-0.2, -0.15) is 0 Å². The van der Waals surface area contributed by atoms with Crippen molar-refractivity contribution in [1.29, 1.82) is 0 Å². The van der Waals surface area contributed by atoms with E-state index in [2.05, 4.69) is 15.3 Å². The third-order valence-electron chi connectivity index (χ3n) is 2.58. The Labute approximate surface area is 121 Å². The number of hydrogen-bond donors (Lipinski definition) is 2. The summed E-state index contributed by atoms with van der Waals surface area (Å²) in [6, 6.07) is 8.78. The number of benzene rings is 1. The molecule has 0 aliphatic rings. The lowest BCUT2D eigenvalue weighted by Crippen LogP contribution is -2.31. The predicted molar refractivity (Wildman–Crippen MR) is 76.5 cm³/mol. The Morgan fingerprint density at radius 2 is 2.20 bits per heavy atom. The lowest BCUT2D eigenvalue weighted by atomic mass is 10.1. The van der Waals surface area contributed by atoms with E-state index in [-0.39, 0.29) is 18.1 Å². The molecule has 2 rings (SSSR count). The lowest BCUT2D eigenvalue weighted by molar-refractivity contribution is 0.0919. The molecular weight excluding hydrogens is 278 g/mol. The van der Waals surface area contributed by atoms with E-state index in [1.807, 2.05) is 12.1 Å². The Hall–Kier alpha value is -1.98. The Morgan fingerprint density at radius 3 is 2.90 bits per heavy atom. The first kappa shape index (κ1) is 14.4. The first-order valence-corrected chi connectivity index (χ1v) is 6.48. The number of carbonyl (C=O) groups excluding carboxylic acids is 1. The maximum Gasteiger partial charge on any atom is 0.270 e. The number of aliphatic hydroxyl groups excluding tert-OH is 1. The molecule has 2 N–H and O–H groups in total. The summed E-state index contributed by atoms with van der Waals surface area (Å²) in [5.74, 6) is -0.350. The van der Waals surface area contributed by atoms with Crippen LogP contribution in [0.4, 0.5) is 0 Å². The summed E-state index contributed by atoms with van der Waals surface area (Å²) in [7, 11) is 0. The fraction of sp³-hybridized carbons (Fsp3) is 0.214. The molecule has 0 aliphatic carbocycles. The van der Waals surface area contributed by atoms with Gasteiger partial charge in [0.2, 0.25) is 0 Å². The van der Waals surface area contributed by atoms with Crippen LogP contribution in [0, 0.1) is 0 Å². The highest BCUT2D eigenvalue weighted by molar-refractivity contribution is 6.30. The summed E-state index contributed by atoms with van der Waals surface area (Å²) in [5, 5.41) is 12.3. The van der Waals surface area contributed by atoms with E-state index >= 15 is 0 Å². The smallest absolute Gasteiger partial charge is 0.270 e. The number of nitrogens with one attached hydrogen (secondary N) is 1. The van der Waals surface area contributed by atoms with E-state index < -0.39 is 6.10 Å². The third-order valence-corrected chi connectivity index (χ3v) is 2.81. The van der Waals surface area contributed by atoms with Crippen molar-refractivity contribution in [3.05, 3.63) is 47.4 Å². The van der Waals surface area contributed by atoms with Crippen LogP contribution in [0.2, 0.25) is 5.02 Å². The van der Waals surface area contributed by atoms with E-state index in [4.69, 9.17) is 16.7 Å². The molecule has 0 radical (unpaired) electrons. The molecule has 1 atom stereocenters. The van der Waals surface area contributed by atoms with Crippen LogP contribution in [-0.4, -0.2) is 33.6 Å². The second-order valence-electron chi connectivity index (χ2n) is 4.36. The van der Waals surface area contributed by atoms with Gasteiger partial charge in [-0.25, -0.2) is 9.97 Å². The molecule has 0 saturated heterocycles. The molecule has 0 unspecified atom stereocenters. The molecule has 0 fully saturated rings. The van der Waals surface area contributed by atoms with Crippen LogP contribution in [0.15, 0.2) is 36.7 Å². The maximum atomic E-state index is 11.9. The molecule has 0 bridgehead atoms. The number of halogens is 1. The quantitative estimate of drug-likeness (QED) is 0.902. The van der Waals surface area contributed by atoms with Crippen molar-refractivity contribution in [3.63, 3.8) is 0 Å². The van der Waals surface area contributed by atoms with Gasteiger partial charge in [-0.05, 0) is 25.1 Å². The average molecular weight is 292 g/mol. The first-order chi connectivity index (χ1) is 9.56. The minimum absolute atomic E-state index is 0.176. The third kappa shape index (κ3) is 3.76. The molecule has 0 aliphatic heterocycles. The molecule has 1 amide bonds. The van der Waals surface area contributed by atoms with Crippen LogP contribution in [0.5, 0.6) is 0 Å². The maximum absolute atomic E-state index is 11.9. The highest BCUT2D eigenvalue weighted by Gasteiger charge is 2.10. The first-order valence-electron chi connectivity index (χ1n) is 6.10. The van der Waals surface area contributed by atoms with Crippen molar-refractivity contribution in [1.82, 2.24) is 15.3 Å². The number of aromatic nitrogens is 2. The fourth-order valence-corrected chi connectivity index (χ4v) is 1.81. The molecule has 20 heavy (non-hydrogen) atoms. The molecule has 6 heteroatoms. The minimum atomic E-state index is -0.604. The van der Waals surface area contributed by atoms with Gasteiger partial charge in [0.15, 0.2) is 0 Å². The SMILES string of the molecule is C[C@H](O)CNC(=O)c1cc(-c2cccc(Cl)c2)ncn1. The van der Waals surface area contributed by atoms with Gasteiger partial charge in [0, 0.05) is 17.1 Å². The normalized spacial score (nSPS) is 11.9. The number of aliphatic hydroxyl groups is 1. The Kier molecular flexibility index (Phi) is 4.65. The summed E-state index contributed by atoms with van der Waals surface area (Å²) in [6.07, 6.45) is 0.723. The van der Waals surface area contributed by atoms with Gasteiger partial charge in [-0.3, -0.25) is 4.79 Å². The molecule has 1 heterocycles. The average Bonchev–Trinajstić information content (AvgIpc) is 2.45. The van der Waals surface area contributed by atoms with Crippen LogP contribution < -0.4 is 5.32 Å². The van der Waals surface area contributed by atoms with Gasteiger partial charge >= 0.3 is 0 Å². The molecular formula is C14H14ClN3O2. The van der Waals surface area contributed by atoms with Gasteiger partial charge in [0.25, 0.3) is 5.91 Å². The number of carbonyl (C=O) groups is 1. The van der Waals surface area contributed by atoms with Crippen LogP contribution >= 0.6 is 11.6 Å². The Balaban J connectivity index is 2.22. The van der Waals surface area contributed by atoms with Crippen molar-refractivity contribution in [2.75, 3.05) is 6.54 Å². The van der Waals surface area contributed by atoms with E-state index in [0.717, 1.165) is 5.56 Å². The van der Waals surface area contributed by atoms with Gasteiger partial charge in [-0.15, -0.1) is 0 Å². The molecule has 0 spiro atoms. The van der Waals surface area contributed by atoms with E-state index in [1.54, 1.807) is 25.1 Å². The topological polar surface area (TPSA) is 75.1 Å². The number of rotatable bonds is 4. The van der Waals surface area contributed by atoms with Gasteiger partial charge < -0.3 is 10.4 Å². The highest BCUT2D eigenvalue weighted by Crippen LogP contribution is 2.20.